The molecule has 3 aromatic rings. The summed E-state index contributed by atoms with van der Waals surface area (Å²) >= 11 is 0. The standard InChI is InChI=1S/C17H16FN3O2/c1-3-15(22-2)17-20-16(21-23-17)12-7-8-14(19-10-12)11-5-4-6-13(18)9-11/h4-10,15H,3H2,1-2H3. The van der Waals surface area contributed by atoms with Crippen molar-refractivity contribution in [1.29, 1.82) is 0 Å². The molecule has 1 atom stereocenters. The highest BCUT2D eigenvalue weighted by atomic mass is 19.1. The van der Waals surface area contributed by atoms with Crippen LogP contribution in [-0.4, -0.2) is 22.2 Å². The van der Waals surface area contributed by atoms with Crippen LogP contribution in [0.25, 0.3) is 22.6 Å². The molecule has 0 aliphatic carbocycles. The first-order valence-electron chi connectivity index (χ1n) is 7.30. The van der Waals surface area contributed by atoms with E-state index in [2.05, 4.69) is 15.1 Å². The third-order valence-electron chi connectivity index (χ3n) is 3.51. The van der Waals surface area contributed by atoms with Crippen LogP contribution in [0, 0.1) is 5.82 Å². The van der Waals surface area contributed by atoms with Crippen LogP contribution in [0.1, 0.15) is 25.3 Å². The van der Waals surface area contributed by atoms with Gasteiger partial charge in [-0.3, -0.25) is 4.98 Å². The maximum atomic E-state index is 13.3. The van der Waals surface area contributed by atoms with Gasteiger partial charge in [-0.05, 0) is 30.7 Å². The topological polar surface area (TPSA) is 61.0 Å². The summed E-state index contributed by atoms with van der Waals surface area (Å²) < 4.78 is 23.8. The van der Waals surface area contributed by atoms with Crippen molar-refractivity contribution in [3.05, 3.63) is 54.3 Å². The first kappa shape index (κ1) is 15.3. The quantitative estimate of drug-likeness (QED) is 0.711. The smallest absolute Gasteiger partial charge is 0.256 e. The summed E-state index contributed by atoms with van der Waals surface area (Å²) in [6, 6.07) is 9.93. The van der Waals surface area contributed by atoms with Crippen molar-refractivity contribution >= 4 is 0 Å². The van der Waals surface area contributed by atoms with Gasteiger partial charge in [0.2, 0.25) is 5.82 Å². The first-order valence-corrected chi connectivity index (χ1v) is 7.30. The van der Waals surface area contributed by atoms with Gasteiger partial charge in [-0.2, -0.15) is 4.98 Å². The number of hydrogen-bond acceptors (Lipinski definition) is 5. The summed E-state index contributed by atoms with van der Waals surface area (Å²) in [6.45, 7) is 1.98. The molecule has 0 radical (unpaired) electrons. The molecule has 1 unspecified atom stereocenters. The molecule has 6 heteroatoms. The fourth-order valence-electron chi connectivity index (χ4n) is 2.27. The molecule has 0 aliphatic heterocycles. The molecule has 0 amide bonds. The van der Waals surface area contributed by atoms with Crippen molar-refractivity contribution in [3.63, 3.8) is 0 Å². The monoisotopic (exact) mass is 313 g/mol. The zero-order valence-electron chi connectivity index (χ0n) is 12.9. The van der Waals surface area contributed by atoms with Gasteiger partial charge in [0.05, 0.1) is 5.69 Å². The van der Waals surface area contributed by atoms with Gasteiger partial charge in [0.1, 0.15) is 11.9 Å². The van der Waals surface area contributed by atoms with Gasteiger partial charge in [-0.15, -0.1) is 0 Å². The van der Waals surface area contributed by atoms with Crippen LogP contribution in [0.5, 0.6) is 0 Å². The Morgan fingerprint density at radius 2 is 2.09 bits per heavy atom. The van der Waals surface area contributed by atoms with E-state index in [0.717, 1.165) is 17.5 Å². The predicted octanol–water partition coefficient (Wildman–Crippen LogP) is 4.04. The summed E-state index contributed by atoms with van der Waals surface area (Å²) in [5, 5.41) is 3.95. The molecule has 0 bridgehead atoms. The number of nitrogens with zero attached hydrogens (tertiary/aromatic N) is 3. The van der Waals surface area contributed by atoms with Crippen LogP contribution >= 0.6 is 0 Å². The molecule has 0 aliphatic rings. The number of pyridine rings is 1. The van der Waals surface area contributed by atoms with Gasteiger partial charge in [-0.1, -0.05) is 24.2 Å². The third-order valence-corrected chi connectivity index (χ3v) is 3.51. The minimum atomic E-state index is -0.290. The van der Waals surface area contributed by atoms with E-state index in [9.17, 15) is 4.39 Å². The van der Waals surface area contributed by atoms with Crippen molar-refractivity contribution in [3.8, 4) is 22.6 Å². The molecular formula is C17H16FN3O2. The minimum absolute atomic E-state index is 0.212. The van der Waals surface area contributed by atoms with E-state index >= 15 is 0 Å². The third kappa shape index (κ3) is 3.27. The molecule has 0 spiro atoms. The van der Waals surface area contributed by atoms with Crippen molar-refractivity contribution in [1.82, 2.24) is 15.1 Å². The average Bonchev–Trinajstić information content (AvgIpc) is 3.06. The number of benzene rings is 1. The molecule has 2 heterocycles. The second-order valence-electron chi connectivity index (χ2n) is 5.03. The number of methoxy groups -OCH3 is 1. The summed E-state index contributed by atoms with van der Waals surface area (Å²) in [5.74, 6) is 0.606. The van der Waals surface area contributed by atoms with Crippen LogP contribution in [0.2, 0.25) is 0 Å². The average molecular weight is 313 g/mol. The van der Waals surface area contributed by atoms with E-state index in [4.69, 9.17) is 9.26 Å². The Kier molecular flexibility index (Phi) is 4.43. The van der Waals surface area contributed by atoms with Gasteiger partial charge in [0, 0.05) is 24.4 Å². The van der Waals surface area contributed by atoms with Gasteiger partial charge in [-0.25, -0.2) is 4.39 Å². The van der Waals surface area contributed by atoms with E-state index in [1.54, 1.807) is 25.4 Å². The summed E-state index contributed by atoms with van der Waals surface area (Å²) in [6.07, 6.45) is 2.17. The number of hydrogen-bond donors (Lipinski definition) is 0. The van der Waals surface area contributed by atoms with Crippen LogP contribution in [0.4, 0.5) is 4.39 Å². The maximum absolute atomic E-state index is 13.3. The lowest BCUT2D eigenvalue weighted by Gasteiger charge is -2.05. The highest BCUT2D eigenvalue weighted by molar-refractivity contribution is 5.62. The fraction of sp³-hybridized carbons (Fsp3) is 0.235. The molecule has 23 heavy (non-hydrogen) atoms. The second-order valence-corrected chi connectivity index (χ2v) is 5.03. The molecule has 2 aromatic heterocycles. The normalized spacial score (nSPS) is 12.3. The predicted molar refractivity (Wildman–Crippen MR) is 83.0 cm³/mol. The highest BCUT2D eigenvalue weighted by Crippen LogP contribution is 2.24. The van der Waals surface area contributed by atoms with Crippen LogP contribution in [0.15, 0.2) is 47.1 Å². The van der Waals surface area contributed by atoms with Gasteiger partial charge in [0.15, 0.2) is 0 Å². The fourth-order valence-corrected chi connectivity index (χ4v) is 2.27. The Morgan fingerprint density at radius 1 is 1.22 bits per heavy atom. The number of aromatic nitrogens is 3. The molecular weight excluding hydrogens is 297 g/mol. The largest absolute Gasteiger partial charge is 0.372 e. The summed E-state index contributed by atoms with van der Waals surface area (Å²) in [7, 11) is 1.60. The van der Waals surface area contributed by atoms with Crippen molar-refractivity contribution < 1.29 is 13.7 Å². The van der Waals surface area contributed by atoms with Gasteiger partial charge >= 0.3 is 0 Å². The van der Waals surface area contributed by atoms with Crippen molar-refractivity contribution in [2.24, 2.45) is 0 Å². The van der Waals surface area contributed by atoms with E-state index in [-0.39, 0.29) is 11.9 Å². The van der Waals surface area contributed by atoms with Gasteiger partial charge in [0.25, 0.3) is 5.89 Å². The Morgan fingerprint density at radius 3 is 2.74 bits per heavy atom. The summed E-state index contributed by atoms with van der Waals surface area (Å²) in [5.41, 5.74) is 2.13. The Labute approximate surface area is 133 Å². The minimum Gasteiger partial charge on any atom is -0.372 e. The van der Waals surface area contributed by atoms with Crippen molar-refractivity contribution in [2.45, 2.75) is 19.4 Å². The summed E-state index contributed by atoms with van der Waals surface area (Å²) in [4.78, 5) is 8.68. The van der Waals surface area contributed by atoms with E-state index in [1.807, 2.05) is 19.1 Å². The van der Waals surface area contributed by atoms with Crippen molar-refractivity contribution in [2.75, 3.05) is 7.11 Å². The van der Waals surface area contributed by atoms with E-state index < -0.39 is 0 Å². The van der Waals surface area contributed by atoms with Gasteiger partial charge < -0.3 is 9.26 Å². The lowest BCUT2D eigenvalue weighted by molar-refractivity contribution is 0.0706. The number of ether oxygens (including phenoxy) is 1. The van der Waals surface area contributed by atoms with Crippen LogP contribution in [-0.2, 0) is 4.74 Å². The number of rotatable bonds is 5. The molecule has 0 saturated heterocycles. The number of halogens is 1. The lowest BCUT2D eigenvalue weighted by Crippen LogP contribution is -1.99. The second kappa shape index (κ2) is 6.66. The van der Waals surface area contributed by atoms with Crippen LogP contribution < -0.4 is 0 Å². The Balaban J connectivity index is 1.85. The molecule has 1 aromatic carbocycles. The highest BCUT2D eigenvalue weighted by Gasteiger charge is 2.17. The maximum Gasteiger partial charge on any atom is 0.256 e. The zero-order valence-corrected chi connectivity index (χ0v) is 12.9. The molecule has 5 nitrogen and oxygen atoms in total. The lowest BCUT2D eigenvalue weighted by atomic mass is 10.1. The molecule has 118 valence electrons. The Bertz CT molecular complexity index is 783. The molecule has 3 rings (SSSR count). The first-order chi connectivity index (χ1) is 11.2. The van der Waals surface area contributed by atoms with E-state index in [1.165, 1.54) is 12.1 Å². The molecule has 0 N–H and O–H groups in total. The van der Waals surface area contributed by atoms with Crippen LogP contribution in [0.3, 0.4) is 0 Å². The Hall–Kier alpha value is -2.60. The van der Waals surface area contributed by atoms with E-state index in [0.29, 0.717) is 17.4 Å². The molecule has 0 fully saturated rings. The zero-order chi connectivity index (χ0) is 16.2. The molecule has 0 saturated carbocycles. The SMILES string of the molecule is CCC(OC)c1nc(-c2ccc(-c3cccc(F)c3)nc2)no1.